The van der Waals surface area contributed by atoms with Crippen LogP contribution in [0, 0.1) is 6.92 Å². The highest BCUT2D eigenvalue weighted by molar-refractivity contribution is 7.99. The van der Waals surface area contributed by atoms with Gasteiger partial charge in [-0.1, -0.05) is 0 Å². The maximum Gasteiger partial charge on any atom is 0.195 e. The molecule has 0 amide bonds. The van der Waals surface area contributed by atoms with E-state index in [1.54, 1.807) is 12.4 Å². The Morgan fingerprint density at radius 3 is 2.00 bits per heavy atom. The molecule has 16 heavy (non-hydrogen) atoms. The number of aldehydes is 1. The van der Waals surface area contributed by atoms with Gasteiger partial charge >= 0.3 is 0 Å². The molecule has 2 rings (SSSR count). The van der Waals surface area contributed by atoms with Crippen LogP contribution in [0.3, 0.4) is 0 Å². The average Bonchev–Trinajstić information content (AvgIpc) is 2.33. The van der Waals surface area contributed by atoms with Gasteiger partial charge in [0, 0.05) is 24.8 Å². The van der Waals surface area contributed by atoms with E-state index in [-0.39, 0.29) is 0 Å². The van der Waals surface area contributed by atoms with Crippen LogP contribution >= 0.6 is 11.8 Å². The molecular weight excluding hydrogens is 224 g/mol. The van der Waals surface area contributed by atoms with Crippen LogP contribution in [-0.4, -0.2) is 26.2 Å². The lowest BCUT2D eigenvalue weighted by atomic mass is 10.4. The summed E-state index contributed by atoms with van der Waals surface area (Å²) in [5.41, 5.74) is 1.45. The van der Waals surface area contributed by atoms with Crippen LogP contribution in [0.15, 0.2) is 35.1 Å². The van der Waals surface area contributed by atoms with Gasteiger partial charge in [0.25, 0.3) is 0 Å². The van der Waals surface area contributed by atoms with Crippen LogP contribution in [0.5, 0.6) is 0 Å². The second-order valence-corrected chi connectivity index (χ2v) is 4.00. The molecule has 2 heterocycles. The SMILES string of the molecule is Cc1cnc(Sc2ncc(C=O)cn2)nc1. The smallest absolute Gasteiger partial charge is 0.195 e. The van der Waals surface area contributed by atoms with Crippen molar-refractivity contribution in [1.29, 1.82) is 0 Å². The van der Waals surface area contributed by atoms with Crippen LogP contribution in [0.1, 0.15) is 15.9 Å². The van der Waals surface area contributed by atoms with Crippen molar-refractivity contribution in [1.82, 2.24) is 19.9 Å². The number of carbonyl (C=O) groups excluding carboxylic acids is 1. The Morgan fingerprint density at radius 2 is 1.50 bits per heavy atom. The third kappa shape index (κ3) is 2.60. The van der Waals surface area contributed by atoms with Gasteiger partial charge in [0.1, 0.15) is 0 Å². The maximum atomic E-state index is 10.4. The van der Waals surface area contributed by atoms with Crippen molar-refractivity contribution in [2.24, 2.45) is 0 Å². The van der Waals surface area contributed by atoms with E-state index < -0.39 is 0 Å². The molecule has 0 spiro atoms. The summed E-state index contributed by atoms with van der Waals surface area (Å²) >= 11 is 1.26. The van der Waals surface area contributed by atoms with Gasteiger partial charge in [-0.25, -0.2) is 19.9 Å². The first kappa shape index (κ1) is 10.7. The maximum absolute atomic E-state index is 10.4. The Labute approximate surface area is 96.4 Å². The van der Waals surface area contributed by atoms with Gasteiger partial charge in [0.05, 0.1) is 5.56 Å². The van der Waals surface area contributed by atoms with Crippen LogP contribution in [-0.2, 0) is 0 Å². The normalized spacial score (nSPS) is 10.1. The number of hydrogen-bond donors (Lipinski definition) is 0. The summed E-state index contributed by atoms with van der Waals surface area (Å²) in [4.78, 5) is 26.7. The summed E-state index contributed by atoms with van der Waals surface area (Å²) < 4.78 is 0. The van der Waals surface area contributed by atoms with Crippen molar-refractivity contribution < 1.29 is 4.79 Å². The highest BCUT2D eigenvalue weighted by Crippen LogP contribution is 2.19. The van der Waals surface area contributed by atoms with Crippen molar-refractivity contribution >= 4 is 18.0 Å². The Hall–Kier alpha value is -1.82. The molecule has 6 heteroatoms. The van der Waals surface area contributed by atoms with Crippen molar-refractivity contribution in [3.63, 3.8) is 0 Å². The Balaban J connectivity index is 2.14. The highest BCUT2D eigenvalue weighted by Gasteiger charge is 2.02. The monoisotopic (exact) mass is 232 g/mol. The van der Waals surface area contributed by atoms with E-state index in [0.717, 1.165) is 5.56 Å². The number of hydrogen-bond acceptors (Lipinski definition) is 6. The zero-order valence-electron chi connectivity index (χ0n) is 8.49. The van der Waals surface area contributed by atoms with Crippen LogP contribution in [0.4, 0.5) is 0 Å². The molecule has 0 fully saturated rings. The summed E-state index contributed by atoms with van der Waals surface area (Å²) in [5, 5.41) is 1.11. The molecule has 0 saturated carbocycles. The first-order valence-electron chi connectivity index (χ1n) is 4.51. The molecule has 5 nitrogen and oxygen atoms in total. The molecule has 2 aromatic heterocycles. The van der Waals surface area contributed by atoms with Gasteiger partial charge in [-0.2, -0.15) is 0 Å². The van der Waals surface area contributed by atoms with E-state index >= 15 is 0 Å². The second-order valence-electron chi connectivity index (χ2n) is 3.06. The minimum atomic E-state index is 0.453. The van der Waals surface area contributed by atoms with Crippen molar-refractivity contribution in [3.8, 4) is 0 Å². The Morgan fingerprint density at radius 1 is 1.00 bits per heavy atom. The molecular formula is C10H8N4OS. The lowest BCUT2D eigenvalue weighted by Gasteiger charge is -1.98. The highest BCUT2D eigenvalue weighted by atomic mass is 32.2. The minimum absolute atomic E-state index is 0.453. The van der Waals surface area contributed by atoms with E-state index in [9.17, 15) is 4.79 Å². The second kappa shape index (κ2) is 4.80. The summed E-state index contributed by atoms with van der Waals surface area (Å²) in [6.45, 7) is 1.92. The van der Waals surface area contributed by atoms with Gasteiger partial charge in [-0.05, 0) is 24.2 Å². The fourth-order valence-corrected chi connectivity index (χ4v) is 1.54. The van der Waals surface area contributed by atoms with Crippen LogP contribution < -0.4 is 0 Å². The lowest BCUT2D eigenvalue weighted by molar-refractivity contribution is 0.112. The number of aryl methyl sites for hydroxylation is 1. The van der Waals surface area contributed by atoms with Gasteiger partial charge in [0.2, 0.25) is 0 Å². The fraction of sp³-hybridized carbons (Fsp3) is 0.100. The van der Waals surface area contributed by atoms with Gasteiger partial charge < -0.3 is 0 Å². The zero-order chi connectivity index (χ0) is 11.4. The molecule has 0 unspecified atom stereocenters. The van der Waals surface area contributed by atoms with E-state index in [1.807, 2.05) is 6.92 Å². The molecule has 2 aromatic rings. The summed E-state index contributed by atoms with van der Waals surface area (Å²) in [5.74, 6) is 0. The van der Waals surface area contributed by atoms with Crippen molar-refractivity contribution in [3.05, 3.63) is 35.9 Å². The largest absolute Gasteiger partial charge is 0.298 e. The quantitative estimate of drug-likeness (QED) is 0.590. The molecule has 0 radical (unpaired) electrons. The third-order valence-corrected chi connectivity index (χ3v) is 2.51. The Bertz CT molecular complexity index is 483. The number of nitrogens with zero attached hydrogens (tertiary/aromatic N) is 4. The molecule has 0 N–H and O–H groups in total. The number of aromatic nitrogens is 4. The molecule has 0 aliphatic carbocycles. The zero-order valence-corrected chi connectivity index (χ0v) is 9.31. The Kier molecular flexibility index (Phi) is 3.21. The van der Waals surface area contributed by atoms with E-state index in [1.165, 1.54) is 24.2 Å². The minimum Gasteiger partial charge on any atom is -0.298 e. The van der Waals surface area contributed by atoms with Crippen LogP contribution in [0.25, 0.3) is 0 Å². The first-order chi connectivity index (χ1) is 7.78. The van der Waals surface area contributed by atoms with Crippen molar-refractivity contribution in [2.75, 3.05) is 0 Å². The predicted molar refractivity (Wildman–Crippen MR) is 58.3 cm³/mol. The van der Waals surface area contributed by atoms with Crippen LogP contribution in [0.2, 0.25) is 0 Å². The standard InChI is InChI=1S/C10H8N4OS/c1-7-2-11-9(12-3-7)16-10-13-4-8(6-15)5-14-10/h2-6H,1H3. The first-order valence-corrected chi connectivity index (χ1v) is 5.33. The topological polar surface area (TPSA) is 68.6 Å². The number of carbonyl (C=O) groups is 1. The van der Waals surface area contributed by atoms with E-state index in [0.29, 0.717) is 22.2 Å². The van der Waals surface area contributed by atoms with Gasteiger partial charge in [-0.15, -0.1) is 0 Å². The summed E-state index contributed by atoms with van der Waals surface area (Å²) in [7, 11) is 0. The van der Waals surface area contributed by atoms with Gasteiger partial charge in [-0.3, -0.25) is 4.79 Å². The molecule has 0 aromatic carbocycles. The third-order valence-electron chi connectivity index (χ3n) is 1.72. The predicted octanol–water partition coefficient (Wildman–Crippen LogP) is 1.54. The van der Waals surface area contributed by atoms with Crippen molar-refractivity contribution in [2.45, 2.75) is 17.2 Å². The lowest BCUT2D eigenvalue weighted by Crippen LogP contribution is -1.92. The number of rotatable bonds is 3. The molecule has 0 atom stereocenters. The molecule has 80 valence electrons. The average molecular weight is 232 g/mol. The van der Waals surface area contributed by atoms with E-state index in [2.05, 4.69) is 19.9 Å². The molecule has 0 saturated heterocycles. The fourth-order valence-electron chi connectivity index (χ4n) is 0.955. The summed E-state index contributed by atoms with van der Waals surface area (Å²) in [6.07, 6.45) is 7.11. The van der Waals surface area contributed by atoms with E-state index in [4.69, 9.17) is 0 Å². The summed E-state index contributed by atoms with van der Waals surface area (Å²) in [6, 6.07) is 0. The molecule has 0 bridgehead atoms. The molecule has 0 aliphatic rings. The molecule has 0 aliphatic heterocycles. The van der Waals surface area contributed by atoms with Gasteiger partial charge in [0.15, 0.2) is 16.6 Å².